The second kappa shape index (κ2) is 4.92. The number of nitrogens with one attached hydrogen (secondary N) is 1. The normalized spacial score (nSPS) is 12.8. The number of amides is 1. The number of nitrogens with zero attached hydrogens (tertiary/aromatic N) is 1. The highest BCUT2D eigenvalue weighted by Crippen LogP contribution is 2.39. The summed E-state index contributed by atoms with van der Waals surface area (Å²) >= 11 is 5.96. The third-order valence-corrected chi connectivity index (χ3v) is 2.29. The number of carbonyl (C=O) groups is 1. The van der Waals surface area contributed by atoms with Gasteiger partial charge in [0, 0.05) is 0 Å². The molecule has 1 N–H and O–H groups in total. The number of benzene rings is 1. The Morgan fingerprint density at radius 2 is 2.41 bits per heavy atom. The lowest BCUT2D eigenvalue weighted by Gasteiger charge is -2.00. The Bertz CT molecular complexity index is 476. The first-order valence-corrected chi connectivity index (χ1v) is 5.04. The molecule has 0 radical (unpaired) electrons. The fourth-order valence-corrected chi connectivity index (χ4v) is 1.54. The molecule has 1 aliphatic heterocycles. The average molecular weight is 257 g/mol. The number of fused-ring (bicyclic) bond motifs is 1. The number of hydrazone groups is 1. The van der Waals surface area contributed by atoms with Gasteiger partial charge in [0.25, 0.3) is 0 Å². The molecule has 0 aliphatic carbocycles. The lowest BCUT2D eigenvalue weighted by atomic mass is 10.2. The predicted octanol–water partition coefficient (Wildman–Crippen LogP) is 1.76. The standard InChI is InChI=1S/C10H9ClN2O4/c1-15-10(14)13-12-4-6-2-7(11)9-8(3-6)16-5-17-9/h2-4H,5H2,1H3,(H,13,14)/b12-4-. The number of rotatable bonds is 2. The highest BCUT2D eigenvalue weighted by molar-refractivity contribution is 6.32. The highest BCUT2D eigenvalue weighted by Gasteiger charge is 2.17. The summed E-state index contributed by atoms with van der Waals surface area (Å²) in [4.78, 5) is 10.7. The van der Waals surface area contributed by atoms with Gasteiger partial charge in [-0.25, -0.2) is 10.2 Å². The van der Waals surface area contributed by atoms with E-state index in [1.807, 2.05) is 0 Å². The Hall–Kier alpha value is -1.95. The van der Waals surface area contributed by atoms with Gasteiger partial charge in [0.1, 0.15) is 0 Å². The minimum absolute atomic E-state index is 0.149. The molecule has 0 aromatic heterocycles. The first kappa shape index (κ1) is 11.5. The van der Waals surface area contributed by atoms with Crippen molar-refractivity contribution in [3.05, 3.63) is 22.7 Å². The summed E-state index contributed by atoms with van der Waals surface area (Å²) in [6, 6.07) is 3.36. The van der Waals surface area contributed by atoms with Crippen LogP contribution in [0, 0.1) is 0 Å². The van der Waals surface area contributed by atoms with Crippen LogP contribution in [0.2, 0.25) is 5.02 Å². The Balaban J connectivity index is 2.12. The minimum atomic E-state index is -0.645. The molecule has 17 heavy (non-hydrogen) atoms. The van der Waals surface area contributed by atoms with Gasteiger partial charge in [0.15, 0.2) is 11.5 Å². The molecule has 1 heterocycles. The third kappa shape index (κ3) is 2.59. The lowest BCUT2D eigenvalue weighted by Crippen LogP contribution is -2.16. The molecule has 0 saturated heterocycles. The number of hydrogen-bond acceptors (Lipinski definition) is 5. The minimum Gasteiger partial charge on any atom is -0.454 e. The van der Waals surface area contributed by atoms with Crippen LogP contribution in [-0.2, 0) is 4.74 Å². The van der Waals surface area contributed by atoms with Gasteiger partial charge in [0.05, 0.1) is 18.3 Å². The van der Waals surface area contributed by atoms with Crippen LogP contribution in [0.1, 0.15) is 5.56 Å². The summed E-state index contributed by atoms with van der Waals surface area (Å²) in [7, 11) is 1.25. The molecule has 0 unspecified atom stereocenters. The Morgan fingerprint density at radius 1 is 1.59 bits per heavy atom. The van der Waals surface area contributed by atoms with Crippen LogP contribution in [-0.4, -0.2) is 26.2 Å². The van der Waals surface area contributed by atoms with Gasteiger partial charge in [-0.3, -0.25) is 0 Å². The number of methoxy groups -OCH3 is 1. The molecule has 1 amide bonds. The van der Waals surface area contributed by atoms with Crippen LogP contribution >= 0.6 is 11.6 Å². The molecular formula is C10H9ClN2O4. The van der Waals surface area contributed by atoms with E-state index in [0.717, 1.165) is 0 Å². The van der Waals surface area contributed by atoms with Gasteiger partial charge in [-0.2, -0.15) is 5.10 Å². The number of carbonyl (C=O) groups excluding carboxylic acids is 1. The summed E-state index contributed by atoms with van der Waals surface area (Å²) in [5.74, 6) is 1.07. The summed E-state index contributed by atoms with van der Waals surface area (Å²) in [5.41, 5.74) is 2.84. The summed E-state index contributed by atoms with van der Waals surface area (Å²) in [6.45, 7) is 0.149. The SMILES string of the molecule is COC(=O)N/N=C\c1cc(Cl)c2c(c1)OCO2. The van der Waals surface area contributed by atoms with E-state index >= 15 is 0 Å². The van der Waals surface area contributed by atoms with Crippen LogP contribution in [0.4, 0.5) is 4.79 Å². The van der Waals surface area contributed by atoms with Crippen molar-refractivity contribution in [2.75, 3.05) is 13.9 Å². The maximum absolute atomic E-state index is 10.7. The molecule has 7 heteroatoms. The Kier molecular flexibility index (Phi) is 3.34. The molecule has 6 nitrogen and oxygen atoms in total. The van der Waals surface area contributed by atoms with Gasteiger partial charge in [0.2, 0.25) is 6.79 Å². The van der Waals surface area contributed by atoms with Crippen molar-refractivity contribution in [2.45, 2.75) is 0 Å². The van der Waals surface area contributed by atoms with Gasteiger partial charge in [-0.05, 0) is 17.7 Å². The zero-order valence-electron chi connectivity index (χ0n) is 8.90. The summed E-state index contributed by atoms with van der Waals surface area (Å²) in [6.07, 6.45) is 0.776. The highest BCUT2D eigenvalue weighted by atomic mass is 35.5. The zero-order valence-corrected chi connectivity index (χ0v) is 9.65. The first-order valence-electron chi connectivity index (χ1n) is 4.67. The van der Waals surface area contributed by atoms with Crippen molar-refractivity contribution in [1.82, 2.24) is 5.43 Å². The second-order valence-corrected chi connectivity index (χ2v) is 3.51. The van der Waals surface area contributed by atoms with Crippen LogP contribution in [0.3, 0.4) is 0 Å². The van der Waals surface area contributed by atoms with E-state index < -0.39 is 6.09 Å². The quantitative estimate of drug-likeness (QED) is 0.647. The van der Waals surface area contributed by atoms with Crippen molar-refractivity contribution in [1.29, 1.82) is 0 Å². The number of hydrogen-bond donors (Lipinski definition) is 1. The van der Waals surface area contributed by atoms with E-state index in [0.29, 0.717) is 22.1 Å². The van der Waals surface area contributed by atoms with Crippen LogP contribution < -0.4 is 14.9 Å². The van der Waals surface area contributed by atoms with E-state index in [9.17, 15) is 4.79 Å². The average Bonchev–Trinajstić information content (AvgIpc) is 2.77. The van der Waals surface area contributed by atoms with Crippen molar-refractivity contribution >= 4 is 23.9 Å². The van der Waals surface area contributed by atoms with E-state index in [-0.39, 0.29) is 6.79 Å². The molecule has 1 aromatic carbocycles. The molecule has 0 spiro atoms. The van der Waals surface area contributed by atoms with Gasteiger partial charge < -0.3 is 14.2 Å². The van der Waals surface area contributed by atoms with E-state index in [1.54, 1.807) is 12.1 Å². The van der Waals surface area contributed by atoms with Crippen LogP contribution in [0.25, 0.3) is 0 Å². The van der Waals surface area contributed by atoms with Gasteiger partial charge >= 0.3 is 6.09 Å². The van der Waals surface area contributed by atoms with Crippen molar-refractivity contribution in [3.8, 4) is 11.5 Å². The fourth-order valence-electron chi connectivity index (χ4n) is 1.27. The topological polar surface area (TPSA) is 69.2 Å². The lowest BCUT2D eigenvalue weighted by molar-refractivity contribution is 0.171. The monoisotopic (exact) mass is 256 g/mol. The predicted molar refractivity (Wildman–Crippen MR) is 60.7 cm³/mol. The maximum atomic E-state index is 10.7. The summed E-state index contributed by atoms with van der Waals surface area (Å²) in [5, 5.41) is 4.10. The largest absolute Gasteiger partial charge is 0.454 e. The van der Waals surface area contributed by atoms with E-state index in [1.165, 1.54) is 13.3 Å². The van der Waals surface area contributed by atoms with Crippen molar-refractivity contribution in [2.24, 2.45) is 5.10 Å². The van der Waals surface area contributed by atoms with Crippen LogP contribution in [0.15, 0.2) is 17.2 Å². The molecule has 1 aromatic rings. The fraction of sp³-hybridized carbons (Fsp3) is 0.200. The molecule has 0 bridgehead atoms. The second-order valence-electron chi connectivity index (χ2n) is 3.10. The maximum Gasteiger partial charge on any atom is 0.427 e. The van der Waals surface area contributed by atoms with Crippen molar-refractivity contribution in [3.63, 3.8) is 0 Å². The van der Waals surface area contributed by atoms with Gasteiger partial charge in [-0.1, -0.05) is 11.6 Å². The zero-order chi connectivity index (χ0) is 12.3. The number of halogens is 1. The Labute approximate surface area is 102 Å². The van der Waals surface area contributed by atoms with E-state index in [4.69, 9.17) is 21.1 Å². The molecule has 0 fully saturated rings. The molecule has 0 saturated carbocycles. The molecule has 0 atom stereocenters. The van der Waals surface area contributed by atoms with E-state index in [2.05, 4.69) is 15.3 Å². The molecule has 90 valence electrons. The van der Waals surface area contributed by atoms with Crippen molar-refractivity contribution < 1.29 is 19.0 Å². The first-order chi connectivity index (χ1) is 8.20. The molecule has 1 aliphatic rings. The third-order valence-electron chi connectivity index (χ3n) is 2.00. The molecular weight excluding hydrogens is 248 g/mol. The number of ether oxygens (including phenoxy) is 3. The smallest absolute Gasteiger partial charge is 0.427 e. The van der Waals surface area contributed by atoms with Crippen LogP contribution in [0.5, 0.6) is 11.5 Å². The van der Waals surface area contributed by atoms with Gasteiger partial charge in [-0.15, -0.1) is 0 Å². The summed E-state index contributed by atoms with van der Waals surface area (Å²) < 4.78 is 14.7. The Morgan fingerprint density at radius 3 is 3.18 bits per heavy atom. The molecule has 2 rings (SSSR count).